The van der Waals surface area contributed by atoms with E-state index in [9.17, 15) is 5.11 Å². The smallest absolute Gasteiger partial charge is 0.127 e. The van der Waals surface area contributed by atoms with Gasteiger partial charge in [0.05, 0.1) is 23.7 Å². The average molecular weight is 287 g/mol. The van der Waals surface area contributed by atoms with Crippen LogP contribution >= 0.6 is 0 Å². The molecule has 0 bridgehead atoms. The molecule has 1 fully saturated rings. The Morgan fingerprint density at radius 1 is 1.14 bits per heavy atom. The fraction of sp³-hybridized carbons (Fsp3) is 0.588. The summed E-state index contributed by atoms with van der Waals surface area (Å²) in [5, 5.41) is 9.40. The van der Waals surface area contributed by atoms with Gasteiger partial charge in [-0.1, -0.05) is 25.0 Å². The minimum absolute atomic E-state index is 0.153. The number of hydrogen-bond acceptors (Lipinski definition) is 3. The van der Waals surface area contributed by atoms with E-state index in [4.69, 9.17) is 4.98 Å². The van der Waals surface area contributed by atoms with E-state index in [1.54, 1.807) is 0 Å². The van der Waals surface area contributed by atoms with Crippen molar-refractivity contribution in [1.29, 1.82) is 0 Å². The third-order valence-electron chi connectivity index (χ3n) is 4.57. The molecule has 0 saturated carbocycles. The van der Waals surface area contributed by atoms with Crippen LogP contribution in [0, 0.1) is 0 Å². The molecule has 1 aromatic carbocycles. The molecule has 1 saturated heterocycles. The Balaban J connectivity index is 1.95. The summed E-state index contributed by atoms with van der Waals surface area (Å²) in [6.45, 7) is 5.33. The first-order valence-corrected chi connectivity index (χ1v) is 8.11. The molecule has 2 heterocycles. The molecule has 1 N–H and O–H groups in total. The van der Waals surface area contributed by atoms with Gasteiger partial charge in [0.15, 0.2) is 0 Å². The molecule has 1 aliphatic rings. The topological polar surface area (TPSA) is 41.3 Å². The Kier molecular flexibility index (Phi) is 4.56. The second-order valence-electron chi connectivity index (χ2n) is 5.96. The van der Waals surface area contributed by atoms with Crippen LogP contribution in [0.4, 0.5) is 0 Å². The van der Waals surface area contributed by atoms with Crippen LogP contribution in [0.15, 0.2) is 24.3 Å². The van der Waals surface area contributed by atoms with Crippen molar-refractivity contribution in [2.45, 2.75) is 45.2 Å². The quantitative estimate of drug-likeness (QED) is 0.940. The number of aliphatic hydroxyl groups excluding tert-OH is 1. The van der Waals surface area contributed by atoms with Gasteiger partial charge in [-0.3, -0.25) is 4.90 Å². The lowest BCUT2D eigenvalue weighted by atomic mass is 10.2. The molecule has 1 aliphatic heterocycles. The molecule has 4 heteroatoms. The minimum atomic E-state index is 0.153. The van der Waals surface area contributed by atoms with Gasteiger partial charge < -0.3 is 9.67 Å². The Morgan fingerprint density at radius 2 is 1.86 bits per heavy atom. The molecule has 4 nitrogen and oxygen atoms in total. The summed E-state index contributed by atoms with van der Waals surface area (Å²) in [7, 11) is 0. The van der Waals surface area contributed by atoms with E-state index in [2.05, 4.69) is 28.5 Å². The number of imidazole rings is 1. The Morgan fingerprint density at radius 3 is 2.57 bits per heavy atom. The molecule has 0 radical (unpaired) electrons. The second kappa shape index (κ2) is 6.58. The van der Waals surface area contributed by atoms with E-state index in [1.165, 1.54) is 25.7 Å². The van der Waals surface area contributed by atoms with Crippen LogP contribution in [0.25, 0.3) is 11.0 Å². The largest absolute Gasteiger partial charge is 0.395 e. The highest BCUT2D eigenvalue weighted by Gasteiger charge is 2.22. The summed E-state index contributed by atoms with van der Waals surface area (Å²) in [6, 6.07) is 8.53. The first-order chi connectivity index (χ1) is 10.3. The molecule has 3 rings (SSSR count). The Hall–Kier alpha value is -1.39. The number of para-hydroxylation sites is 2. The lowest BCUT2D eigenvalue weighted by Crippen LogP contribution is -2.30. The van der Waals surface area contributed by atoms with Gasteiger partial charge in [0.25, 0.3) is 0 Å². The number of benzene rings is 1. The van der Waals surface area contributed by atoms with Crippen molar-refractivity contribution in [3.05, 3.63) is 30.1 Å². The zero-order valence-corrected chi connectivity index (χ0v) is 12.8. The number of nitrogens with zero attached hydrogens (tertiary/aromatic N) is 3. The lowest BCUT2D eigenvalue weighted by Gasteiger charge is -2.27. The number of likely N-dealkylation sites (tertiary alicyclic amines) is 1. The molecule has 0 spiro atoms. The van der Waals surface area contributed by atoms with Gasteiger partial charge in [0.2, 0.25) is 0 Å². The SMILES string of the molecule is CC(c1nc2ccccc2n1CCO)N1CCCCCC1. The normalized spacial score (nSPS) is 18.8. The second-order valence-corrected chi connectivity index (χ2v) is 5.96. The summed E-state index contributed by atoms with van der Waals surface area (Å²) < 4.78 is 2.19. The van der Waals surface area contributed by atoms with Crippen LogP contribution in [-0.4, -0.2) is 39.3 Å². The zero-order valence-electron chi connectivity index (χ0n) is 12.8. The Labute approximate surface area is 126 Å². The molecular weight excluding hydrogens is 262 g/mol. The number of aliphatic hydroxyl groups is 1. The minimum Gasteiger partial charge on any atom is -0.395 e. The molecule has 21 heavy (non-hydrogen) atoms. The van der Waals surface area contributed by atoms with Gasteiger partial charge in [-0.2, -0.15) is 0 Å². The van der Waals surface area contributed by atoms with E-state index in [1.807, 2.05) is 12.1 Å². The number of aromatic nitrogens is 2. The van der Waals surface area contributed by atoms with Gasteiger partial charge >= 0.3 is 0 Å². The predicted molar refractivity (Wildman–Crippen MR) is 85.3 cm³/mol. The van der Waals surface area contributed by atoms with E-state index in [0.29, 0.717) is 12.6 Å². The third kappa shape index (κ3) is 2.97. The molecular formula is C17H25N3O. The van der Waals surface area contributed by atoms with Crippen molar-refractivity contribution in [1.82, 2.24) is 14.5 Å². The van der Waals surface area contributed by atoms with E-state index in [-0.39, 0.29) is 6.61 Å². The van der Waals surface area contributed by atoms with E-state index in [0.717, 1.165) is 29.9 Å². The predicted octanol–water partition coefficient (Wildman–Crippen LogP) is 2.97. The first kappa shape index (κ1) is 14.5. The van der Waals surface area contributed by atoms with Gasteiger partial charge in [-0.05, 0) is 45.0 Å². The Bertz CT molecular complexity index is 585. The van der Waals surface area contributed by atoms with Crippen molar-refractivity contribution >= 4 is 11.0 Å². The van der Waals surface area contributed by atoms with Crippen molar-refractivity contribution in [2.75, 3.05) is 19.7 Å². The van der Waals surface area contributed by atoms with Gasteiger partial charge in [-0.25, -0.2) is 4.98 Å². The fourth-order valence-electron chi connectivity index (χ4n) is 3.39. The number of hydrogen-bond donors (Lipinski definition) is 1. The molecule has 114 valence electrons. The maximum Gasteiger partial charge on any atom is 0.127 e. The van der Waals surface area contributed by atoms with Crippen LogP contribution in [-0.2, 0) is 6.54 Å². The zero-order chi connectivity index (χ0) is 14.7. The average Bonchev–Trinajstić information content (AvgIpc) is 2.70. The van der Waals surface area contributed by atoms with Gasteiger partial charge in [-0.15, -0.1) is 0 Å². The van der Waals surface area contributed by atoms with Crippen molar-refractivity contribution < 1.29 is 5.11 Å². The molecule has 1 unspecified atom stereocenters. The summed E-state index contributed by atoms with van der Waals surface area (Å²) >= 11 is 0. The summed E-state index contributed by atoms with van der Waals surface area (Å²) in [5.41, 5.74) is 2.16. The highest BCUT2D eigenvalue weighted by molar-refractivity contribution is 5.76. The summed E-state index contributed by atoms with van der Waals surface area (Å²) in [5.74, 6) is 1.09. The van der Waals surface area contributed by atoms with Gasteiger partial charge in [0, 0.05) is 6.54 Å². The van der Waals surface area contributed by atoms with Crippen LogP contribution < -0.4 is 0 Å². The first-order valence-electron chi connectivity index (χ1n) is 8.11. The molecule has 0 aliphatic carbocycles. The molecule has 1 atom stereocenters. The van der Waals surface area contributed by atoms with Crippen LogP contribution in [0.5, 0.6) is 0 Å². The summed E-state index contributed by atoms with van der Waals surface area (Å²) in [6.07, 6.45) is 5.25. The lowest BCUT2D eigenvalue weighted by molar-refractivity contribution is 0.203. The highest BCUT2D eigenvalue weighted by atomic mass is 16.3. The fourth-order valence-corrected chi connectivity index (χ4v) is 3.39. The van der Waals surface area contributed by atoms with Crippen molar-refractivity contribution in [3.63, 3.8) is 0 Å². The van der Waals surface area contributed by atoms with Crippen LogP contribution in [0.2, 0.25) is 0 Å². The maximum absolute atomic E-state index is 9.40. The monoisotopic (exact) mass is 287 g/mol. The molecule has 2 aromatic rings. The van der Waals surface area contributed by atoms with Crippen molar-refractivity contribution in [2.24, 2.45) is 0 Å². The molecule has 1 aromatic heterocycles. The standard InChI is InChI=1S/C17H25N3O/c1-14(19-10-6-2-3-7-11-19)17-18-15-8-4-5-9-16(15)20(17)12-13-21/h4-5,8-9,14,21H,2-3,6-7,10-13H2,1H3. The highest BCUT2D eigenvalue weighted by Crippen LogP contribution is 2.26. The number of fused-ring (bicyclic) bond motifs is 1. The number of rotatable bonds is 4. The van der Waals surface area contributed by atoms with Crippen LogP contribution in [0.1, 0.15) is 44.5 Å². The third-order valence-corrected chi connectivity index (χ3v) is 4.57. The van der Waals surface area contributed by atoms with Crippen molar-refractivity contribution in [3.8, 4) is 0 Å². The van der Waals surface area contributed by atoms with Crippen LogP contribution in [0.3, 0.4) is 0 Å². The van der Waals surface area contributed by atoms with E-state index < -0.39 is 0 Å². The summed E-state index contributed by atoms with van der Waals surface area (Å²) in [4.78, 5) is 7.39. The van der Waals surface area contributed by atoms with E-state index >= 15 is 0 Å². The van der Waals surface area contributed by atoms with Gasteiger partial charge in [0.1, 0.15) is 5.82 Å². The molecule has 0 amide bonds. The maximum atomic E-state index is 9.40.